The van der Waals surface area contributed by atoms with E-state index in [1.54, 1.807) is 0 Å². The van der Waals surface area contributed by atoms with E-state index in [0.717, 1.165) is 0 Å². The van der Waals surface area contributed by atoms with Crippen LogP contribution in [0.5, 0.6) is 0 Å². The largest absolute Gasteiger partial charge is 0.280 e. The summed E-state index contributed by atoms with van der Waals surface area (Å²) in [5.74, 6) is 0.220. The molecule has 1 rings (SSSR count). The minimum absolute atomic E-state index is 0.220. The van der Waals surface area contributed by atoms with Crippen molar-refractivity contribution in [2.75, 3.05) is 0 Å². The zero-order valence-electron chi connectivity index (χ0n) is 6.20. The molecule has 0 unspecified atom stereocenters. The molecule has 1 nitrogen and oxygen atoms in total. The Bertz CT molecular complexity index is 296. The van der Waals surface area contributed by atoms with E-state index in [4.69, 9.17) is 11.6 Å². The molecule has 1 aromatic rings. The maximum Gasteiger partial charge on any atom is 0.280 e. The molecule has 0 bridgehead atoms. The molecule has 0 radical (unpaired) electrons. The van der Waals surface area contributed by atoms with Gasteiger partial charge in [0.05, 0.1) is 5.88 Å². The lowest BCUT2D eigenvalue weighted by Gasteiger charge is -2.05. The lowest BCUT2D eigenvalue weighted by Crippen LogP contribution is -1.95. The fraction of sp³-hybridized carbons (Fsp3) is 0.286. The van der Waals surface area contributed by atoms with E-state index in [0.29, 0.717) is 14.6 Å². The van der Waals surface area contributed by atoms with E-state index >= 15 is 0 Å². The van der Waals surface area contributed by atoms with Gasteiger partial charge in [-0.3, -0.25) is 0 Å². The summed E-state index contributed by atoms with van der Waals surface area (Å²) in [5.41, 5.74) is 0.402. The Morgan fingerprint density at radius 1 is 1.46 bits per heavy atom. The highest BCUT2D eigenvalue weighted by Crippen LogP contribution is 2.29. The first-order chi connectivity index (χ1) is 6.06. The Morgan fingerprint density at radius 2 is 2.08 bits per heavy atom. The Balaban J connectivity index is 3.20. The summed E-state index contributed by atoms with van der Waals surface area (Å²) >= 11 is 11.8. The molecule has 0 amide bonds. The summed E-state index contributed by atoms with van der Waals surface area (Å²) < 4.78 is 25.3. The standard InChI is InChI=1S/C7H4Br2ClF2N/c8-4-1-5(7(11)12)13-6(9)3(4)2-10/h1,7H,2H2. The van der Waals surface area contributed by atoms with E-state index in [1.807, 2.05) is 0 Å². The van der Waals surface area contributed by atoms with Gasteiger partial charge in [-0.25, -0.2) is 13.8 Å². The fourth-order valence-corrected chi connectivity index (χ4v) is 2.74. The SMILES string of the molecule is FC(F)c1cc(Br)c(CCl)c(Br)n1. The van der Waals surface area contributed by atoms with Gasteiger partial charge in [-0.1, -0.05) is 15.9 Å². The van der Waals surface area contributed by atoms with Gasteiger partial charge in [0, 0.05) is 10.0 Å². The molecule has 72 valence electrons. The van der Waals surface area contributed by atoms with E-state index in [9.17, 15) is 8.78 Å². The van der Waals surface area contributed by atoms with Crippen LogP contribution in [0.2, 0.25) is 0 Å². The number of hydrogen-bond acceptors (Lipinski definition) is 1. The van der Waals surface area contributed by atoms with Crippen molar-refractivity contribution < 1.29 is 8.78 Å². The van der Waals surface area contributed by atoms with Gasteiger partial charge in [0.25, 0.3) is 6.43 Å². The van der Waals surface area contributed by atoms with Crippen LogP contribution in [-0.2, 0) is 5.88 Å². The second-order valence-electron chi connectivity index (χ2n) is 2.23. The second kappa shape index (κ2) is 4.66. The fourth-order valence-electron chi connectivity index (χ4n) is 0.759. The highest BCUT2D eigenvalue weighted by molar-refractivity contribution is 9.11. The topological polar surface area (TPSA) is 12.9 Å². The molecule has 0 aliphatic heterocycles. The Hall–Kier alpha value is 0.260. The zero-order chi connectivity index (χ0) is 10.0. The first-order valence-corrected chi connectivity index (χ1v) is 5.37. The minimum atomic E-state index is -2.57. The van der Waals surface area contributed by atoms with Crippen LogP contribution in [0.15, 0.2) is 15.1 Å². The van der Waals surface area contributed by atoms with Crippen LogP contribution in [0.25, 0.3) is 0 Å². The first kappa shape index (κ1) is 11.3. The molecular formula is C7H4Br2ClF2N. The van der Waals surface area contributed by atoms with Crippen molar-refractivity contribution in [1.29, 1.82) is 0 Å². The van der Waals surface area contributed by atoms with Crippen LogP contribution in [-0.4, -0.2) is 4.98 Å². The number of nitrogens with zero attached hydrogens (tertiary/aromatic N) is 1. The highest BCUT2D eigenvalue weighted by Gasteiger charge is 2.14. The van der Waals surface area contributed by atoms with Gasteiger partial charge in [-0.15, -0.1) is 11.6 Å². The van der Waals surface area contributed by atoms with Crippen LogP contribution in [0.3, 0.4) is 0 Å². The van der Waals surface area contributed by atoms with E-state index in [-0.39, 0.29) is 11.6 Å². The van der Waals surface area contributed by atoms with Crippen LogP contribution in [0.1, 0.15) is 17.7 Å². The van der Waals surface area contributed by atoms with Gasteiger partial charge in [0.2, 0.25) is 0 Å². The molecule has 0 spiro atoms. The van der Waals surface area contributed by atoms with Gasteiger partial charge >= 0.3 is 0 Å². The quantitative estimate of drug-likeness (QED) is 0.581. The Morgan fingerprint density at radius 3 is 2.46 bits per heavy atom. The molecule has 0 saturated heterocycles. The number of hydrogen-bond donors (Lipinski definition) is 0. The maximum atomic E-state index is 12.2. The average molecular weight is 335 g/mol. The van der Waals surface area contributed by atoms with Crippen molar-refractivity contribution in [3.05, 3.63) is 26.4 Å². The third-order valence-electron chi connectivity index (χ3n) is 1.40. The third-order valence-corrected chi connectivity index (χ3v) is 3.03. The Labute approximate surface area is 95.8 Å². The normalized spacial score (nSPS) is 10.9. The molecule has 13 heavy (non-hydrogen) atoms. The summed E-state index contributed by atoms with van der Waals surface area (Å²) in [6, 6.07) is 1.27. The summed E-state index contributed by atoms with van der Waals surface area (Å²) in [6.07, 6.45) is -2.57. The summed E-state index contributed by atoms with van der Waals surface area (Å²) in [4.78, 5) is 3.66. The highest BCUT2D eigenvalue weighted by atomic mass is 79.9. The Kier molecular flexibility index (Phi) is 4.06. The van der Waals surface area contributed by atoms with Crippen molar-refractivity contribution in [2.45, 2.75) is 12.3 Å². The van der Waals surface area contributed by atoms with Crippen molar-refractivity contribution in [1.82, 2.24) is 4.98 Å². The van der Waals surface area contributed by atoms with Crippen molar-refractivity contribution in [3.63, 3.8) is 0 Å². The van der Waals surface area contributed by atoms with E-state index in [2.05, 4.69) is 36.8 Å². The molecule has 0 aromatic carbocycles. The molecular weight excluding hydrogens is 331 g/mol. The van der Waals surface area contributed by atoms with Crippen LogP contribution in [0.4, 0.5) is 8.78 Å². The molecule has 0 N–H and O–H groups in total. The predicted molar refractivity (Wildman–Crippen MR) is 54.2 cm³/mol. The third kappa shape index (κ3) is 2.60. The van der Waals surface area contributed by atoms with Crippen molar-refractivity contribution in [3.8, 4) is 0 Å². The maximum absolute atomic E-state index is 12.2. The smallest absolute Gasteiger partial charge is 0.240 e. The number of pyridine rings is 1. The van der Waals surface area contributed by atoms with Gasteiger partial charge in [-0.2, -0.15) is 0 Å². The molecule has 1 heterocycles. The number of alkyl halides is 3. The number of rotatable bonds is 2. The summed E-state index contributed by atoms with van der Waals surface area (Å²) in [5, 5.41) is 0. The summed E-state index contributed by atoms with van der Waals surface area (Å²) in [6.45, 7) is 0. The van der Waals surface area contributed by atoms with Crippen LogP contribution < -0.4 is 0 Å². The summed E-state index contributed by atoms with van der Waals surface area (Å²) in [7, 11) is 0. The zero-order valence-corrected chi connectivity index (χ0v) is 10.1. The van der Waals surface area contributed by atoms with Crippen LogP contribution >= 0.6 is 43.5 Å². The lowest BCUT2D eigenvalue weighted by atomic mass is 10.3. The molecule has 6 heteroatoms. The molecule has 0 atom stereocenters. The van der Waals surface area contributed by atoms with E-state index in [1.165, 1.54) is 6.07 Å². The number of aromatic nitrogens is 1. The molecule has 1 aromatic heterocycles. The van der Waals surface area contributed by atoms with E-state index < -0.39 is 6.43 Å². The monoisotopic (exact) mass is 333 g/mol. The van der Waals surface area contributed by atoms with Gasteiger partial charge < -0.3 is 0 Å². The van der Waals surface area contributed by atoms with Gasteiger partial charge in [0.15, 0.2) is 0 Å². The predicted octanol–water partition coefficient (Wildman–Crippen LogP) is 4.28. The molecule has 0 aliphatic rings. The lowest BCUT2D eigenvalue weighted by molar-refractivity contribution is 0.146. The number of halogens is 5. The average Bonchev–Trinajstić information content (AvgIpc) is 2.03. The molecule has 0 fully saturated rings. The minimum Gasteiger partial charge on any atom is -0.240 e. The van der Waals surface area contributed by atoms with Gasteiger partial charge in [-0.05, 0) is 22.0 Å². The van der Waals surface area contributed by atoms with Crippen molar-refractivity contribution in [2.24, 2.45) is 0 Å². The molecule has 0 aliphatic carbocycles. The first-order valence-electron chi connectivity index (χ1n) is 3.25. The molecule has 0 saturated carbocycles. The second-order valence-corrected chi connectivity index (χ2v) is 4.11. The van der Waals surface area contributed by atoms with Crippen LogP contribution in [0, 0.1) is 0 Å². The van der Waals surface area contributed by atoms with Crippen molar-refractivity contribution >= 4 is 43.5 Å². The van der Waals surface area contributed by atoms with Gasteiger partial charge in [0.1, 0.15) is 10.3 Å².